The lowest BCUT2D eigenvalue weighted by atomic mass is 10.2. The number of hydrogen-bond donors (Lipinski definition) is 2. The van der Waals surface area contributed by atoms with Crippen molar-refractivity contribution in [3.8, 4) is 0 Å². The van der Waals surface area contributed by atoms with Gasteiger partial charge in [0.25, 0.3) is 0 Å². The molecular weight excluding hydrogens is 218 g/mol. The van der Waals surface area contributed by atoms with Crippen LogP contribution in [0.3, 0.4) is 0 Å². The molecule has 5 heteroatoms. The molecule has 1 rings (SSSR count). The maximum Gasteiger partial charge on any atom is 0.237 e. The fraction of sp³-hybridized carbons (Fsp3) is 0.667. The Balaban J connectivity index is 2.26. The van der Waals surface area contributed by atoms with E-state index in [0.717, 1.165) is 18.5 Å². The van der Waals surface area contributed by atoms with E-state index in [4.69, 9.17) is 4.52 Å². The third kappa shape index (κ3) is 4.99. The van der Waals surface area contributed by atoms with Crippen LogP contribution in [-0.4, -0.2) is 23.1 Å². The molecule has 0 fully saturated rings. The van der Waals surface area contributed by atoms with E-state index in [1.54, 1.807) is 6.07 Å². The number of amides is 1. The van der Waals surface area contributed by atoms with Gasteiger partial charge in [0.05, 0.1) is 11.7 Å². The second-order valence-electron chi connectivity index (χ2n) is 4.29. The first-order valence-corrected chi connectivity index (χ1v) is 6.06. The number of nitrogens with one attached hydrogen (secondary N) is 2. The average Bonchev–Trinajstić information content (AvgIpc) is 2.78. The fourth-order valence-corrected chi connectivity index (χ4v) is 1.55. The highest BCUT2D eigenvalue weighted by Crippen LogP contribution is 1.97. The second kappa shape index (κ2) is 7.06. The van der Waals surface area contributed by atoms with Crippen molar-refractivity contribution in [2.24, 2.45) is 0 Å². The largest absolute Gasteiger partial charge is 0.364 e. The van der Waals surface area contributed by atoms with Crippen molar-refractivity contribution in [3.05, 3.63) is 18.0 Å². The van der Waals surface area contributed by atoms with E-state index in [2.05, 4.69) is 22.7 Å². The van der Waals surface area contributed by atoms with Crippen molar-refractivity contribution < 1.29 is 9.32 Å². The molecule has 2 atom stereocenters. The summed E-state index contributed by atoms with van der Waals surface area (Å²) in [6.07, 6.45) is 3.59. The summed E-state index contributed by atoms with van der Waals surface area (Å²) in [5, 5.41) is 9.83. The van der Waals surface area contributed by atoms with Crippen molar-refractivity contribution in [2.45, 2.75) is 52.2 Å². The number of carbonyl (C=O) groups is 1. The van der Waals surface area contributed by atoms with Gasteiger partial charge >= 0.3 is 0 Å². The Hall–Kier alpha value is -1.36. The van der Waals surface area contributed by atoms with E-state index in [0.29, 0.717) is 6.54 Å². The fourth-order valence-electron chi connectivity index (χ4n) is 1.55. The van der Waals surface area contributed by atoms with Crippen LogP contribution >= 0.6 is 0 Å². The van der Waals surface area contributed by atoms with Gasteiger partial charge in [0.2, 0.25) is 5.91 Å². The van der Waals surface area contributed by atoms with Crippen LogP contribution in [0.25, 0.3) is 0 Å². The molecule has 0 saturated heterocycles. The Kier molecular flexibility index (Phi) is 5.69. The van der Waals surface area contributed by atoms with Crippen LogP contribution in [0.2, 0.25) is 0 Å². The number of rotatable bonds is 7. The summed E-state index contributed by atoms with van der Waals surface area (Å²) in [6, 6.07) is 1.77. The lowest BCUT2D eigenvalue weighted by Crippen LogP contribution is -2.45. The maximum atomic E-state index is 11.8. The van der Waals surface area contributed by atoms with Crippen molar-refractivity contribution in [1.82, 2.24) is 15.8 Å². The molecule has 5 nitrogen and oxygen atoms in total. The first-order valence-electron chi connectivity index (χ1n) is 6.06. The highest BCUT2D eigenvalue weighted by Gasteiger charge is 2.14. The van der Waals surface area contributed by atoms with Gasteiger partial charge in [-0.3, -0.25) is 4.79 Å². The van der Waals surface area contributed by atoms with Crippen LogP contribution in [0, 0.1) is 0 Å². The Bertz CT molecular complexity index is 325. The molecule has 0 bridgehead atoms. The van der Waals surface area contributed by atoms with Gasteiger partial charge in [-0.25, -0.2) is 0 Å². The van der Waals surface area contributed by atoms with Crippen LogP contribution in [0.4, 0.5) is 0 Å². The minimum Gasteiger partial charge on any atom is -0.364 e. The van der Waals surface area contributed by atoms with E-state index < -0.39 is 0 Å². The topological polar surface area (TPSA) is 67.2 Å². The molecule has 2 unspecified atom stereocenters. The number of hydrogen-bond acceptors (Lipinski definition) is 4. The third-order valence-corrected chi connectivity index (χ3v) is 2.58. The molecular formula is C12H21N3O2. The molecule has 0 aliphatic carbocycles. The van der Waals surface area contributed by atoms with Crippen molar-refractivity contribution in [1.29, 1.82) is 0 Å². The zero-order chi connectivity index (χ0) is 12.7. The second-order valence-corrected chi connectivity index (χ2v) is 4.29. The molecule has 17 heavy (non-hydrogen) atoms. The van der Waals surface area contributed by atoms with Gasteiger partial charge in [-0.1, -0.05) is 18.5 Å². The monoisotopic (exact) mass is 239 g/mol. The van der Waals surface area contributed by atoms with Crippen LogP contribution in [0.1, 0.15) is 39.3 Å². The van der Waals surface area contributed by atoms with Gasteiger partial charge in [0, 0.05) is 18.7 Å². The predicted octanol–water partition coefficient (Wildman–Crippen LogP) is 1.46. The number of nitrogens with zero attached hydrogens (tertiary/aromatic N) is 1. The first kappa shape index (κ1) is 13.7. The highest BCUT2D eigenvalue weighted by atomic mass is 16.5. The van der Waals surface area contributed by atoms with E-state index in [-0.39, 0.29) is 18.0 Å². The zero-order valence-electron chi connectivity index (χ0n) is 10.7. The molecule has 0 aliphatic heterocycles. The summed E-state index contributed by atoms with van der Waals surface area (Å²) in [4.78, 5) is 11.8. The lowest BCUT2D eigenvalue weighted by Gasteiger charge is -2.17. The van der Waals surface area contributed by atoms with Gasteiger partial charge < -0.3 is 15.2 Å². The molecule has 1 aromatic heterocycles. The van der Waals surface area contributed by atoms with Gasteiger partial charge in [0.15, 0.2) is 0 Å². The van der Waals surface area contributed by atoms with E-state index in [9.17, 15) is 4.79 Å². The summed E-state index contributed by atoms with van der Waals surface area (Å²) in [7, 11) is 0. The Morgan fingerprint density at radius 2 is 2.29 bits per heavy atom. The molecule has 0 aliphatic rings. The Morgan fingerprint density at radius 1 is 1.53 bits per heavy atom. The van der Waals surface area contributed by atoms with E-state index >= 15 is 0 Å². The highest BCUT2D eigenvalue weighted by molar-refractivity contribution is 5.81. The summed E-state index contributed by atoms with van der Waals surface area (Å²) < 4.78 is 4.71. The van der Waals surface area contributed by atoms with Crippen LogP contribution in [0.5, 0.6) is 0 Å². The van der Waals surface area contributed by atoms with Crippen molar-refractivity contribution in [2.75, 3.05) is 0 Å². The molecule has 96 valence electrons. The standard InChI is InChI=1S/C12H21N3O2/c1-4-5-9(2)14-12(16)10(3)13-8-11-6-7-17-15-11/h6-7,9-10,13H,4-5,8H2,1-3H3,(H,14,16). The Morgan fingerprint density at radius 3 is 2.88 bits per heavy atom. The van der Waals surface area contributed by atoms with E-state index in [1.165, 1.54) is 6.26 Å². The number of carbonyl (C=O) groups excluding carboxylic acids is 1. The third-order valence-electron chi connectivity index (χ3n) is 2.58. The minimum absolute atomic E-state index is 0.0226. The zero-order valence-corrected chi connectivity index (χ0v) is 10.7. The van der Waals surface area contributed by atoms with Gasteiger partial charge in [-0.15, -0.1) is 0 Å². The quantitative estimate of drug-likeness (QED) is 0.756. The summed E-state index contributed by atoms with van der Waals surface area (Å²) in [6.45, 7) is 6.50. The lowest BCUT2D eigenvalue weighted by molar-refractivity contribution is -0.123. The maximum absolute atomic E-state index is 11.8. The van der Waals surface area contributed by atoms with Gasteiger partial charge in [-0.2, -0.15) is 0 Å². The molecule has 1 aromatic rings. The van der Waals surface area contributed by atoms with Crippen LogP contribution < -0.4 is 10.6 Å². The predicted molar refractivity (Wildman–Crippen MR) is 65.3 cm³/mol. The van der Waals surface area contributed by atoms with Gasteiger partial charge in [0.1, 0.15) is 6.26 Å². The smallest absolute Gasteiger partial charge is 0.237 e. The molecule has 2 N–H and O–H groups in total. The molecule has 0 aromatic carbocycles. The summed E-state index contributed by atoms with van der Waals surface area (Å²) in [5.74, 6) is 0.0226. The molecule has 1 amide bonds. The minimum atomic E-state index is -0.231. The summed E-state index contributed by atoms with van der Waals surface area (Å²) >= 11 is 0. The number of aromatic nitrogens is 1. The molecule has 1 heterocycles. The summed E-state index contributed by atoms with van der Waals surface area (Å²) in [5.41, 5.74) is 0.797. The van der Waals surface area contributed by atoms with Crippen LogP contribution in [-0.2, 0) is 11.3 Å². The molecule has 0 radical (unpaired) electrons. The first-order chi connectivity index (χ1) is 8.13. The molecule has 0 saturated carbocycles. The van der Waals surface area contributed by atoms with Crippen molar-refractivity contribution in [3.63, 3.8) is 0 Å². The van der Waals surface area contributed by atoms with Gasteiger partial charge in [-0.05, 0) is 20.3 Å². The van der Waals surface area contributed by atoms with E-state index in [1.807, 2.05) is 13.8 Å². The van der Waals surface area contributed by atoms with Crippen LogP contribution in [0.15, 0.2) is 16.9 Å². The Labute approximate surface area is 102 Å². The normalized spacial score (nSPS) is 14.3. The SMILES string of the molecule is CCCC(C)NC(=O)C(C)NCc1ccon1. The molecule has 0 spiro atoms. The van der Waals surface area contributed by atoms with Crippen molar-refractivity contribution >= 4 is 5.91 Å². The average molecular weight is 239 g/mol.